The van der Waals surface area contributed by atoms with Crippen molar-refractivity contribution in [2.24, 2.45) is 11.0 Å². The number of hydrogen-bond acceptors (Lipinski definition) is 4. The van der Waals surface area contributed by atoms with Gasteiger partial charge in [0.15, 0.2) is 0 Å². The van der Waals surface area contributed by atoms with Crippen molar-refractivity contribution < 1.29 is 0 Å². The van der Waals surface area contributed by atoms with Gasteiger partial charge in [-0.2, -0.15) is 5.10 Å². The molecule has 0 fully saturated rings. The number of nitrogens with one attached hydrogen (secondary N) is 1. The van der Waals surface area contributed by atoms with Gasteiger partial charge < -0.3 is 0 Å². The van der Waals surface area contributed by atoms with Gasteiger partial charge in [0, 0.05) is 17.8 Å². The average molecular weight is 207 g/mol. The summed E-state index contributed by atoms with van der Waals surface area (Å²) in [6.07, 6.45) is 11.7. The Morgan fingerprint density at radius 1 is 1.57 bits per heavy atom. The summed E-state index contributed by atoms with van der Waals surface area (Å²) < 4.78 is 0. The van der Waals surface area contributed by atoms with Crippen molar-refractivity contribution >= 4 is 22.7 Å². The minimum Gasteiger partial charge on any atom is -0.253 e. The molecule has 1 aliphatic rings. The van der Waals surface area contributed by atoms with Gasteiger partial charge in [-0.3, -0.25) is 5.43 Å². The molecule has 1 aliphatic carbocycles. The summed E-state index contributed by atoms with van der Waals surface area (Å²) in [6.45, 7) is 0. The molecule has 0 saturated heterocycles. The summed E-state index contributed by atoms with van der Waals surface area (Å²) in [5.41, 5.74) is 2.92. The molecule has 0 amide bonds. The molecule has 1 aromatic heterocycles. The Morgan fingerprint density at radius 3 is 3.29 bits per heavy atom. The molecule has 4 heteroatoms. The van der Waals surface area contributed by atoms with E-state index in [0.717, 1.165) is 11.6 Å². The number of aromatic nitrogens is 1. The van der Waals surface area contributed by atoms with Crippen LogP contribution in [0.3, 0.4) is 0 Å². The largest absolute Gasteiger partial charge is 0.253 e. The van der Waals surface area contributed by atoms with E-state index < -0.39 is 0 Å². The Morgan fingerprint density at radius 2 is 2.57 bits per heavy atom. The van der Waals surface area contributed by atoms with E-state index in [9.17, 15) is 0 Å². The van der Waals surface area contributed by atoms with E-state index in [2.05, 4.69) is 27.7 Å². The van der Waals surface area contributed by atoms with Gasteiger partial charge in [0.1, 0.15) is 0 Å². The fourth-order valence-electron chi connectivity index (χ4n) is 1.43. The molecular formula is C10H13N3S. The van der Waals surface area contributed by atoms with Crippen LogP contribution in [-0.2, 0) is 0 Å². The van der Waals surface area contributed by atoms with E-state index in [0.29, 0.717) is 5.92 Å². The fourth-order valence-corrected chi connectivity index (χ4v) is 1.91. The first-order valence-electron chi connectivity index (χ1n) is 4.79. The molecule has 0 bridgehead atoms. The van der Waals surface area contributed by atoms with Crippen LogP contribution in [0.5, 0.6) is 0 Å². The highest BCUT2D eigenvalue weighted by molar-refractivity contribution is 7.13. The first-order chi connectivity index (χ1) is 6.95. The highest BCUT2D eigenvalue weighted by atomic mass is 32.1. The molecule has 0 aliphatic heterocycles. The van der Waals surface area contributed by atoms with Gasteiger partial charge in [-0.05, 0) is 25.2 Å². The number of allylic oxidation sites excluding steroid dienone is 2. The monoisotopic (exact) mass is 207 g/mol. The summed E-state index contributed by atoms with van der Waals surface area (Å²) in [5, 5.41) is 6.96. The third-order valence-corrected chi connectivity index (χ3v) is 2.87. The first kappa shape index (κ1) is 9.40. The van der Waals surface area contributed by atoms with Crippen LogP contribution in [0.15, 0.2) is 28.8 Å². The molecule has 74 valence electrons. The molecule has 0 aromatic carbocycles. The summed E-state index contributed by atoms with van der Waals surface area (Å²) in [7, 11) is 0. The molecule has 0 radical (unpaired) electrons. The maximum Gasteiger partial charge on any atom is 0.203 e. The summed E-state index contributed by atoms with van der Waals surface area (Å²) in [5.74, 6) is 0.590. The van der Waals surface area contributed by atoms with Crippen LogP contribution >= 0.6 is 11.3 Å². The molecular weight excluding hydrogens is 194 g/mol. The van der Waals surface area contributed by atoms with E-state index in [1.54, 1.807) is 17.5 Å². The second-order valence-corrected chi connectivity index (χ2v) is 4.17. The van der Waals surface area contributed by atoms with Gasteiger partial charge in [-0.15, -0.1) is 11.3 Å². The van der Waals surface area contributed by atoms with E-state index in [4.69, 9.17) is 0 Å². The SMILES string of the molecule is C1=CCC(/C=N/Nc2nccs2)CC1. The average Bonchev–Trinajstić information content (AvgIpc) is 2.72. The standard InChI is InChI=1S/C10H13N3S/c1-2-4-9(5-3-1)8-12-13-10-11-6-7-14-10/h1-2,6-9H,3-5H2,(H,11,13)/b12-8+. The zero-order valence-corrected chi connectivity index (χ0v) is 8.70. The minimum absolute atomic E-state index is 0.590. The molecule has 2 rings (SSSR count). The molecule has 1 unspecified atom stereocenters. The number of rotatable bonds is 3. The lowest BCUT2D eigenvalue weighted by molar-refractivity contribution is 0.627. The van der Waals surface area contributed by atoms with Gasteiger partial charge in [0.2, 0.25) is 5.13 Å². The Labute approximate surface area is 87.6 Å². The molecule has 1 heterocycles. The maximum absolute atomic E-state index is 4.18. The highest BCUT2D eigenvalue weighted by Crippen LogP contribution is 2.16. The van der Waals surface area contributed by atoms with Crippen LogP contribution in [0.2, 0.25) is 0 Å². The first-order valence-corrected chi connectivity index (χ1v) is 5.67. The number of hydrogen-bond donors (Lipinski definition) is 1. The molecule has 1 aromatic rings. The van der Waals surface area contributed by atoms with Gasteiger partial charge in [0.25, 0.3) is 0 Å². The van der Waals surface area contributed by atoms with E-state index in [1.807, 2.05) is 11.6 Å². The van der Waals surface area contributed by atoms with Gasteiger partial charge >= 0.3 is 0 Å². The lowest BCUT2D eigenvalue weighted by Crippen LogP contribution is -2.04. The van der Waals surface area contributed by atoms with Crippen LogP contribution in [0.4, 0.5) is 5.13 Å². The van der Waals surface area contributed by atoms with Crippen molar-refractivity contribution in [3.8, 4) is 0 Å². The number of anilines is 1. The fraction of sp³-hybridized carbons (Fsp3) is 0.400. The zero-order chi connectivity index (χ0) is 9.64. The van der Waals surface area contributed by atoms with Crippen molar-refractivity contribution in [2.75, 3.05) is 5.43 Å². The lowest BCUT2D eigenvalue weighted by atomic mass is 9.96. The van der Waals surface area contributed by atoms with Crippen LogP contribution in [0.25, 0.3) is 0 Å². The van der Waals surface area contributed by atoms with E-state index in [1.165, 1.54) is 12.8 Å². The number of thiazole rings is 1. The Kier molecular flexibility index (Phi) is 3.29. The molecule has 0 saturated carbocycles. The van der Waals surface area contributed by atoms with E-state index >= 15 is 0 Å². The quantitative estimate of drug-likeness (QED) is 0.470. The number of hydrazone groups is 1. The summed E-state index contributed by atoms with van der Waals surface area (Å²) in [4.78, 5) is 4.08. The second kappa shape index (κ2) is 4.91. The minimum atomic E-state index is 0.590. The summed E-state index contributed by atoms with van der Waals surface area (Å²) in [6, 6.07) is 0. The second-order valence-electron chi connectivity index (χ2n) is 3.27. The van der Waals surface area contributed by atoms with Crippen molar-refractivity contribution in [3.05, 3.63) is 23.7 Å². The van der Waals surface area contributed by atoms with Crippen LogP contribution in [0, 0.1) is 5.92 Å². The highest BCUT2D eigenvalue weighted by Gasteiger charge is 2.05. The summed E-state index contributed by atoms with van der Waals surface area (Å²) >= 11 is 1.56. The molecule has 3 nitrogen and oxygen atoms in total. The van der Waals surface area contributed by atoms with Crippen LogP contribution < -0.4 is 5.43 Å². The van der Waals surface area contributed by atoms with Gasteiger partial charge in [-0.25, -0.2) is 4.98 Å². The van der Waals surface area contributed by atoms with Crippen molar-refractivity contribution in [3.63, 3.8) is 0 Å². The topological polar surface area (TPSA) is 37.3 Å². The molecule has 0 spiro atoms. The Bertz CT molecular complexity index is 316. The normalized spacial score (nSPS) is 21.6. The van der Waals surface area contributed by atoms with Gasteiger partial charge in [-0.1, -0.05) is 12.2 Å². The third kappa shape index (κ3) is 2.67. The zero-order valence-electron chi connectivity index (χ0n) is 7.89. The third-order valence-electron chi connectivity index (χ3n) is 2.19. The Balaban J connectivity index is 1.79. The number of nitrogens with zero attached hydrogens (tertiary/aromatic N) is 2. The van der Waals surface area contributed by atoms with Gasteiger partial charge in [0.05, 0.1) is 0 Å². The smallest absolute Gasteiger partial charge is 0.203 e. The maximum atomic E-state index is 4.18. The van der Waals surface area contributed by atoms with Crippen molar-refractivity contribution in [2.45, 2.75) is 19.3 Å². The Hall–Kier alpha value is -1.16. The van der Waals surface area contributed by atoms with Crippen LogP contribution in [0.1, 0.15) is 19.3 Å². The molecule has 1 atom stereocenters. The predicted octanol–water partition coefficient (Wildman–Crippen LogP) is 2.90. The van der Waals surface area contributed by atoms with Crippen molar-refractivity contribution in [1.29, 1.82) is 0 Å². The van der Waals surface area contributed by atoms with Crippen LogP contribution in [-0.4, -0.2) is 11.2 Å². The lowest BCUT2D eigenvalue weighted by Gasteiger charge is -2.11. The predicted molar refractivity (Wildman–Crippen MR) is 60.7 cm³/mol. The molecule has 14 heavy (non-hydrogen) atoms. The molecule has 1 N–H and O–H groups in total. The van der Waals surface area contributed by atoms with Crippen molar-refractivity contribution in [1.82, 2.24) is 4.98 Å². The van der Waals surface area contributed by atoms with E-state index in [-0.39, 0.29) is 0 Å².